The second-order valence-electron chi connectivity index (χ2n) is 9.68. The molecule has 0 aliphatic carbocycles. The Morgan fingerprint density at radius 1 is 1.19 bits per heavy atom. The van der Waals surface area contributed by atoms with Crippen LogP contribution in [0.3, 0.4) is 0 Å². The van der Waals surface area contributed by atoms with Gasteiger partial charge >= 0.3 is 5.97 Å². The third-order valence-corrected chi connectivity index (χ3v) is 7.35. The van der Waals surface area contributed by atoms with E-state index in [0.717, 1.165) is 36.8 Å². The van der Waals surface area contributed by atoms with Gasteiger partial charge < -0.3 is 14.7 Å². The van der Waals surface area contributed by atoms with Crippen LogP contribution in [0.2, 0.25) is 0 Å². The van der Waals surface area contributed by atoms with Gasteiger partial charge in [0.1, 0.15) is 0 Å². The third kappa shape index (κ3) is 4.15. The number of aromatic carboxylic acids is 1. The fourth-order valence-electron chi connectivity index (χ4n) is 5.52. The number of aromatic nitrogens is 4. The molecule has 0 atom stereocenters. The number of carboxylic acid groups (broad SMARTS) is 1. The number of anilines is 2. The Morgan fingerprint density at radius 3 is 2.70 bits per heavy atom. The Kier molecular flexibility index (Phi) is 5.91. The van der Waals surface area contributed by atoms with Crippen molar-refractivity contribution in [1.82, 2.24) is 19.6 Å². The predicted octanol–water partition coefficient (Wildman–Crippen LogP) is 5.51. The minimum Gasteiger partial charge on any atom is -0.478 e. The lowest BCUT2D eigenvalue weighted by molar-refractivity contribution is 0.0675. The van der Waals surface area contributed by atoms with E-state index in [-0.39, 0.29) is 17.2 Å². The average Bonchev–Trinajstić information content (AvgIpc) is 3.51. The maximum absolute atomic E-state index is 14.3. The zero-order valence-corrected chi connectivity index (χ0v) is 20.4. The molecule has 0 unspecified atom stereocenters. The fourth-order valence-corrected chi connectivity index (χ4v) is 5.52. The summed E-state index contributed by atoms with van der Waals surface area (Å²) in [5, 5.41) is 19.5. The molecule has 1 saturated heterocycles. The first-order chi connectivity index (χ1) is 17.9. The number of carbonyl (C=O) groups is 1. The van der Waals surface area contributed by atoms with E-state index < -0.39 is 12.4 Å². The molecular formula is C27H27F2N5O3. The van der Waals surface area contributed by atoms with Crippen molar-refractivity contribution >= 4 is 28.4 Å². The number of rotatable bonds is 5. The van der Waals surface area contributed by atoms with Crippen LogP contribution in [-0.4, -0.2) is 50.4 Å². The fraction of sp³-hybridized carbons (Fsp3) is 0.370. The molecule has 1 fully saturated rings. The Balaban J connectivity index is 1.52. The highest BCUT2D eigenvalue weighted by atomic mass is 19.3. The van der Waals surface area contributed by atoms with Crippen molar-refractivity contribution in [3.05, 3.63) is 59.4 Å². The average molecular weight is 508 g/mol. The predicted molar refractivity (Wildman–Crippen MR) is 135 cm³/mol. The molecule has 10 heteroatoms. The van der Waals surface area contributed by atoms with E-state index in [1.54, 1.807) is 48.4 Å². The van der Waals surface area contributed by atoms with Gasteiger partial charge in [-0.1, -0.05) is 0 Å². The van der Waals surface area contributed by atoms with Gasteiger partial charge in [0.15, 0.2) is 5.82 Å². The number of halogens is 2. The Morgan fingerprint density at radius 2 is 2.00 bits per heavy atom. The van der Waals surface area contributed by atoms with E-state index in [1.165, 1.54) is 0 Å². The number of aryl methyl sites for hydroxylation is 2. The number of benzene rings is 2. The van der Waals surface area contributed by atoms with Crippen LogP contribution in [-0.2, 0) is 18.2 Å². The molecule has 2 aromatic heterocycles. The highest BCUT2D eigenvalue weighted by Crippen LogP contribution is 2.43. The van der Waals surface area contributed by atoms with Crippen molar-refractivity contribution < 1.29 is 23.4 Å². The lowest BCUT2D eigenvalue weighted by Gasteiger charge is -2.31. The minimum atomic E-state index is -2.67. The molecule has 4 aromatic rings. The van der Waals surface area contributed by atoms with Gasteiger partial charge in [-0.2, -0.15) is 10.2 Å². The van der Waals surface area contributed by atoms with E-state index in [0.29, 0.717) is 47.8 Å². The molecule has 4 heterocycles. The summed E-state index contributed by atoms with van der Waals surface area (Å²) in [6, 6.07) is 8.57. The van der Waals surface area contributed by atoms with Gasteiger partial charge in [-0.25, -0.2) is 13.6 Å². The maximum Gasteiger partial charge on any atom is 0.335 e. The van der Waals surface area contributed by atoms with E-state index in [4.69, 9.17) is 9.84 Å². The first-order valence-corrected chi connectivity index (χ1v) is 12.5. The van der Waals surface area contributed by atoms with Gasteiger partial charge in [0.2, 0.25) is 0 Å². The summed E-state index contributed by atoms with van der Waals surface area (Å²) in [5.41, 5.74) is 3.72. The number of alkyl halides is 2. The standard InChI is InChI=1S/C27H27F2N5O3/c1-32-15-18(14-30-32)20-11-16-3-2-8-33(24(16)13-21(20)25(28)29)26-22-12-17(27(35)36)4-5-23(22)34(31-26)19-6-9-37-10-7-19/h4-5,11-15,19,25H,2-3,6-10H2,1H3,(H,35,36). The van der Waals surface area contributed by atoms with Crippen molar-refractivity contribution in [2.45, 2.75) is 38.2 Å². The molecule has 0 spiro atoms. The second-order valence-corrected chi connectivity index (χ2v) is 9.68. The second kappa shape index (κ2) is 9.26. The number of nitrogens with zero attached hydrogens (tertiary/aromatic N) is 5. The van der Waals surface area contributed by atoms with Gasteiger partial charge in [-0.05, 0) is 67.1 Å². The number of carboxylic acids is 1. The highest BCUT2D eigenvalue weighted by molar-refractivity contribution is 5.99. The van der Waals surface area contributed by atoms with E-state index in [9.17, 15) is 18.7 Å². The van der Waals surface area contributed by atoms with Crippen LogP contribution in [0.25, 0.3) is 22.0 Å². The highest BCUT2D eigenvalue weighted by Gasteiger charge is 2.29. The molecule has 0 radical (unpaired) electrons. The van der Waals surface area contributed by atoms with Gasteiger partial charge in [0, 0.05) is 55.2 Å². The zero-order valence-electron chi connectivity index (χ0n) is 20.4. The molecule has 2 aliphatic heterocycles. The van der Waals surface area contributed by atoms with Crippen LogP contribution in [0.15, 0.2) is 42.7 Å². The van der Waals surface area contributed by atoms with Crippen LogP contribution < -0.4 is 4.90 Å². The third-order valence-electron chi connectivity index (χ3n) is 7.35. The van der Waals surface area contributed by atoms with Gasteiger partial charge in [0.05, 0.1) is 23.3 Å². The first kappa shape index (κ1) is 23.6. The van der Waals surface area contributed by atoms with Crippen LogP contribution in [0.1, 0.15) is 53.2 Å². The van der Waals surface area contributed by atoms with Gasteiger partial charge in [-0.15, -0.1) is 0 Å². The summed E-state index contributed by atoms with van der Waals surface area (Å²) in [5.74, 6) is -0.424. The number of fused-ring (bicyclic) bond motifs is 2. The molecular weight excluding hydrogens is 480 g/mol. The van der Waals surface area contributed by atoms with Crippen LogP contribution in [0.4, 0.5) is 20.3 Å². The Labute approximate surface area is 212 Å². The molecule has 0 saturated carbocycles. The topological polar surface area (TPSA) is 85.4 Å². The van der Waals surface area contributed by atoms with Gasteiger partial charge in [-0.3, -0.25) is 9.36 Å². The van der Waals surface area contributed by atoms with Crippen molar-refractivity contribution in [3.63, 3.8) is 0 Å². The van der Waals surface area contributed by atoms with Crippen LogP contribution in [0.5, 0.6) is 0 Å². The molecule has 2 aromatic carbocycles. The molecule has 0 bridgehead atoms. The molecule has 6 rings (SSSR count). The maximum atomic E-state index is 14.3. The molecule has 37 heavy (non-hydrogen) atoms. The zero-order chi connectivity index (χ0) is 25.7. The summed E-state index contributed by atoms with van der Waals surface area (Å²) in [7, 11) is 1.76. The number of hydrogen-bond acceptors (Lipinski definition) is 5. The Hall–Kier alpha value is -3.79. The largest absolute Gasteiger partial charge is 0.478 e. The lowest BCUT2D eigenvalue weighted by atomic mass is 9.93. The summed E-state index contributed by atoms with van der Waals surface area (Å²) in [4.78, 5) is 13.8. The molecule has 8 nitrogen and oxygen atoms in total. The summed E-state index contributed by atoms with van der Waals surface area (Å²) < 4.78 is 37.7. The van der Waals surface area contributed by atoms with Crippen LogP contribution in [0, 0.1) is 0 Å². The monoisotopic (exact) mass is 507 g/mol. The quantitative estimate of drug-likeness (QED) is 0.384. The van der Waals surface area contributed by atoms with Crippen molar-refractivity contribution in [1.29, 1.82) is 0 Å². The van der Waals surface area contributed by atoms with Crippen molar-refractivity contribution in [3.8, 4) is 11.1 Å². The normalized spacial score (nSPS) is 16.5. The van der Waals surface area contributed by atoms with Crippen molar-refractivity contribution in [2.24, 2.45) is 7.05 Å². The lowest BCUT2D eigenvalue weighted by Crippen LogP contribution is -2.26. The van der Waals surface area contributed by atoms with Crippen LogP contribution >= 0.6 is 0 Å². The summed E-state index contributed by atoms with van der Waals surface area (Å²) in [6.45, 7) is 1.87. The first-order valence-electron chi connectivity index (χ1n) is 12.5. The van der Waals surface area contributed by atoms with E-state index in [1.807, 2.05) is 15.6 Å². The molecule has 192 valence electrons. The minimum absolute atomic E-state index is 0.0574. The molecule has 0 amide bonds. The summed E-state index contributed by atoms with van der Waals surface area (Å²) >= 11 is 0. The van der Waals surface area contributed by atoms with Crippen molar-refractivity contribution in [2.75, 3.05) is 24.7 Å². The smallest absolute Gasteiger partial charge is 0.335 e. The number of hydrogen-bond donors (Lipinski definition) is 1. The van der Waals surface area contributed by atoms with E-state index in [2.05, 4.69) is 5.10 Å². The molecule has 2 aliphatic rings. The SMILES string of the molecule is Cn1cc(-c2cc3c(cc2C(F)F)N(c2nn(C4CCOCC4)c4ccc(C(=O)O)cc24)CCC3)cn1. The number of ether oxygens (including phenoxy) is 1. The summed E-state index contributed by atoms with van der Waals surface area (Å²) in [6.07, 6.45) is 3.85. The Bertz CT molecular complexity index is 1490. The van der Waals surface area contributed by atoms with Gasteiger partial charge in [0.25, 0.3) is 6.43 Å². The van der Waals surface area contributed by atoms with E-state index >= 15 is 0 Å². The molecule has 1 N–H and O–H groups in total.